The number of halogens is 2. The number of benzene rings is 3. The van der Waals surface area contributed by atoms with E-state index in [9.17, 15) is 13.6 Å². The van der Waals surface area contributed by atoms with Crippen molar-refractivity contribution in [3.05, 3.63) is 131 Å². The molecule has 6 rings (SSSR count). The lowest BCUT2D eigenvalue weighted by Crippen LogP contribution is -2.38. The molecule has 39 heavy (non-hydrogen) atoms. The lowest BCUT2D eigenvalue weighted by molar-refractivity contribution is 0.194. The van der Waals surface area contributed by atoms with Crippen LogP contribution in [-0.4, -0.2) is 25.3 Å². The first-order valence-corrected chi connectivity index (χ1v) is 12.9. The molecule has 0 fully saturated rings. The lowest BCUT2D eigenvalue weighted by Gasteiger charge is -2.31. The van der Waals surface area contributed by atoms with Gasteiger partial charge in [-0.3, -0.25) is 0 Å². The van der Waals surface area contributed by atoms with Gasteiger partial charge in [0.1, 0.15) is 17.5 Å². The van der Waals surface area contributed by atoms with Gasteiger partial charge in [0.2, 0.25) is 0 Å². The van der Waals surface area contributed by atoms with E-state index in [0.29, 0.717) is 23.2 Å². The van der Waals surface area contributed by atoms with Gasteiger partial charge in [-0.2, -0.15) is 5.10 Å². The van der Waals surface area contributed by atoms with Gasteiger partial charge in [-0.05, 0) is 73.0 Å². The molecule has 0 spiro atoms. The predicted octanol–water partition coefficient (Wildman–Crippen LogP) is 6.95. The number of amides is 2. The summed E-state index contributed by atoms with van der Waals surface area (Å²) in [5.41, 5.74) is 4.88. The molecule has 1 aliphatic heterocycles. The van der Waals surface area contributed by atoms with Crippen LogP contribution in [0, 0.1) is 18.6 Å². The zero-order chi connectivity index (χ0) is 27.1. The molecule has 0 bridgehead atoms. The van der Waals surface area contributed by atoms with Gasteiger partial charge in [0, 0.05) is 17.4 Å². The first kappa shape index (κ1) is 24.6. The van der Waals surface area contributed by atoms with Crippen LogP contribution in [0.4, 0.5) is 19.3 Å². The van der Waals surface area contributed by atoms with Crippen LogP contribution in [0.3, 0.4) is 0 Å². The van der Waals surface area contributed by atoms with E-state index in [0.717, 1.165) is 28.5 Å². The number of carbonyl (C=O) groups excluding carboxylic acids is 1. The fourth-order valence-electron chi connectivity index (χ4n) is 5.24. The van der Waals surface area contributed by atoms with Crippen LogP contribution in [0.5, 0.6) is 0 Å². The standard InChI is InChI=1S/C31H27F2N5O/c1-3-27-25-19-37(31(39)34-23-15-14-20(2)26(33)18-23)29(21-9-7-10-22(32)17-21)28-13-8-16-36(28)30(25)38(35-27)24-11-5-4-6-12-24/h4-18,29H,3,19H2,1-2H3,(H,34,39). The Balaban J connectivity index is 1.55. The van der Waals surface area contributed by atoms with Crippen molar-refractivity contribution in [3.8, 4) is 11.5 Å². The topological polar surface area (TPSA) is 55.1 Å². The Kier molecular flexibility index (Phi) is 6.23. The molecular formula is C31H27F2N5O. The smallest absolute Gasteiger partial charge is 0.308 e. The summed E-state index contributed by atoms with van der Waals surface area (Å²) in [7, 11) is 0. The number of hydrogen-bond donors (Lipinski definition) is 1. The average molecular weight is 524 g/mol. The first-order chi connectivity index (χ1) is 18.9. The summed E-state index contributed by atoms with van der Waals surface area (Å²) in [6.07, 6.45) is 2.60. The largest absolute Gasteiger partial charge is 0.322 e. The number of anilines is 1. The zero-order valence-corrected chi connectivity index (χ0v) is 21.6. The molecule has 0 saturated heterocycles. The molecule has 2 aromatic heterocycles. The van der Waals surface area contributed by atoms with Gasteiger partial charge in [-0.1, -0.05) is 43.3 Å². The fourth-order valence-corrected chi connectivity index (χ4v) is 5.24. The van der Waals surface area contributed by atoms with Crippen LogP contribution < -0.4 is 5.32 Å². The van der Waals surface area contributed by atoms with Crippen LogP contribution in [0.25, 0.3) is 11.5 Å². The number of para-hydroxylation sites is 1. The molecule has 3 heterocycles. The highest BCUT2D eigenvalue weighted by molar-refractivity contribution is 5.90. The molecule has 2 amide bonds. The summed E-state index contributed by atoms with van der Waals surface area (Å²) < 4.78 is 32.8. The first-order valence-electron chi connectivity index (χ1n) is 12.9. The quantitative estimate of drug-likeness (QED) is 0.277. The van der Waals surface area contributed by atoms with Gasteiger partial charge in [-0.25, -0.2) is 18.3 Å². The zero-order valence-electron chi connectivity index (χ0n) is 21.6. The van der Waals surface area contributed by atoms with E-state index in [2.05, 4.69) is 5.32 Å². The van der Waals surface area contributed by atoms with Gasteiger partial charge < -0.3 is 14.8 Å². The number of urea groups is 1. The molecule has 196 valence electrons. The summed E-state index contributed by atoms with van der Waals surface area (Å²) >= 11 is 0. The highest BCUT2D eigenvalue weighted by Crippen LogP contribution is 2.39. The van der Waals surface area contributed by atoms with E-state index >= 15 is 0 Å². The van der Waals surface area contributed by atoms with Gasteiger partial charge in [0.15, 0.2) is 0 Å². The van der Waals surface area contributed by atoms with Crippen LogP contribution in [-0.2, 0) is 13.0 Å². The van der Waals surface area contributed by atoms with E-state index in [1.54, 1.807) is 30.0 Å². The molecule has 0 saturated carbocycles. The number of fused-ring (bicyclic) bond motifs is 3. The van der Waals surface area contributed by atoms with Crippen molar-refractivity contribution < 1.29 is 13.6 Å². The predicted molar refractivity (Wildman–Crippen MR) is 146 cm³/mol. The van der Waals surface area contributed by atoms with Crippen molar-refractivity contribution in [1.29, 1.82) is 0 Å². The average Bonchev–Trinajstić information content (AvgIpc) is 3.52. The Hall–Kier alpha value is -4.72. The van der Waals surface area contributed by atoms with E-state index in [4.69, 9.17) is 5.10 Å². The third kappa shape index (κ3) is 4.37. The molecular weight excluding hydrogens is 496 g/mol. The second-order valence-corrected chi connectivity index (χ2v) is 9.63. The maximum Gasteiger partial charge on any atom is 0.322 e. The molecule has 0 aliphatic carbocycles. The second-order valence-electron chi connectivity index (χ2n) is 9.63. The molecule has 1 N–H and O–H groups in total. The third-order valence-electron chi connectivity index (χ3n) is 7.15. The number of nitrogens with zero attached hydrogens (tertiary/aromatic N) is 4. The Morgan fingerprint density at radius 2 is 1.82 bits per heavy atom. The number of hydrogen-bond acceptors (Lipinski definition) is 2. The number of rotatable bonds is 4. The highest BCUT2D eigenvalue weighted by Gasteiger charge is 2.36. The maximum atomic E-state index is 14.5. The number of nitrogens with one attached hydrogen (secondary N) is 1. The number of carbonyl (C=O) groups is 1. The van der Waals surface area contributed by atoms with Crippen molar-refractivity contribution in [2.45, 2.75) is 32.9 Å². The van der Waals surface area contributed by atoms with Gasteiger partial charge in [-0.15, -0.1) is 0 Å². The van der Waals surface area contributed by atoms with E-state index < -0.39 is 23.7 Å². The van der Waals surface area contributed by atoms with Crippen molar-refractivity contribution in [3.63, 3.8) is 0 Å². The molecule has 5 aromatic rings. The molecule has 1 atom stereocenters. The minimum atomic E-state index is -0.618. The normalized spacial score (nSPS) is 14.5. The summed E-state index contributed by atoms with van der Waals surface area (Å²) in [5.74, 6) is 0.0353. The molecule has 1 aliphatic rings. The van der Waals surface area contributed by atoms with Crippen molar-refractivity contribution in [2.75, 3.05) is 5.32 Å². The summed E-state index contributed by atoms with van der Waals surface area (Å²) in [4.78, 5) is 15.6. The molecule has 8 heteroatoms. The summed E-state index contributed by atoms with van der Waals surface area (Å²) in [6.45, 7) is 3.92. The molecule has 6 nitrogen and oxygen atoms in total. The summed E-state index contributed by atoms with van der Waals surface area (Å²) in [6, 6.07) is 23.5. The SMILES string of the molecule is CCc1nn(-c2ccccc2)c2c1CN(C(=O)Nc1ccc(C)c(F)c1)C(c1cccc(F)c1)c1cccn1-2. The molecule has 1 unspecified atom stereocenters. The molecule has 0 radical (unpaired) electrons. The Morgan fingerprint density at radius 1 is 1.00 bits per heavy atom. The van der Waals surface area contributed by atoms with E-state index in [-0.39, 0.29) is 6.54 Å². The monoisotopic (exact) mass is 523 g/mol. The van der Waals surface area contributed by atoms with Crippen LogP contribution in [0.15, 0.2) is 91.1 Å². The highest BCUT2D eigenvalue weighted by atomic mass is 19.1. The second kappa shape index (κ2) is 9.87. The third-order valence-corrected chi connectivity index (χ3v) is 7.15. The Bertz CT molecular complexity index is 1670. The van der Waals surface area contributed by atoms with Crippen molar-refractivity contribution >= 4 is 11.7 Å². The van der Waals surface area contributed by atoms with E-state index in [1.807, 2.05) is 70.9 Å². The van der Waals surface area contributed by atoms with Gasteiger partial charge in [0.25, 0.3) is 0 Å². The van der Waals surface area contributed by atoms with Gasteiger partial charge in [0.05, 0.1) is 29.7 Å². The minimum absolute atomic E-state index is 0.217. The lowest BCUT2D eigenvalue weighted by atomic mass is 10.0. The maximum absolute atomic E-state index is 14.5. The Morgan fingerprint density at radius 3 is 2.56 bits per heavy atom. The van der Waals surface area contributed by atoms with Crippen LogP contribution in [0.1, 0.15) is 41.0 Å². The Labute approximate surface area is 225 Å². The van der Waals surface area contributed by atoms with Crippen LogP contribution in [0.2, 0.25) is 0 Å². The van der Waals surface area contributed by atoms with Crippen LogP contribution >= 0.6 is 0 Å². The minimum Gasteiger partial charge on any atom is -0.308 e. The van der Waals surface area contributed by atoms with Crippen molar-refractivity contribution in [2.24, 2.45) is 0 Å². The van der Waals surface area contributed by atoms with Crippen molar-refractivity contribution in [1.82, 2.24) is 19.2 Å². The van der Waals surface area contributed by atoms with E-state index in [1.165, 1.54) is 18.2 Å². The number of aryl methyl sites for hydroxylation is 2. The summed E-state index contributed by atoms with van der Waals surface area (Å²) in [5, 5.41) is 7.81. The van der Waals surface area contributed by atoms with Gasteiger partial charge >= 0.3 is 6.03 Å². The fraction of sp³-hybridized carbons (Fsp3) is 0.161. The molecule has 3 aromatic carbocycles. The number of aromatic nitrogens is 3.